The van der Waals surface area contributed by atoms with Gasteiger partial charge < -0.3 is 4.52 Å². The number of aryl methyl sites for hydroxylation is 1. The standard InChI is InChI=1S/C11H10Br2N2O3S/c1-7-4-9(15-18-7)6-14-19(16,17)11-3-2-8(12)5-10(11)13/h2-5,14H,6H2,1H3. The Morgan fingerprint density at radius 2 is 2.05 bits per heavy atom. The molecule has 0 fully saturated rings. The summed E-state index contributed by atoms with van der Waals surface area (Å²) < 4.78 is 32.9. The fourth-order valence-electron chi connectivity index (χ4n) is 1.44. The number of benzene rings is 1. The first-order valence-electron chi connectivity index (χ1n) is 5.25. The Morgan fingerprint density at radius 1 is 1.32 bits per heavy atom. The van der Waals surface area contributed by atoms with Crippen molar-refractivity contribution in [1.82, 2.24) is 9.88 Å². The molecule has 0 spiro atoms. The van der Waals surface area contributed by atoms with Gasteiger partial charge in [0.05, 0.1) is 17.1 Å². The highest BCUT2D eigenvalue weighted by Crippen LogP contribution is 2.25. The molecule has 0 saturated heterocycles. The van der Waals surface area contributed by atoms with Crippen LogP contribution in [0.15, 0.2) is 42.6 Å². The molecule has 2 aromatic rings. The van der Waals surface area contributed by atoms with Crippen LogP contribution < -0.4 is 4.72 Å². The van der Waals surface area contributed by atoms with Gasteiger partial charge in [0, 0.05) is 15.0 Å². The summed E-state index contributed by atoms with van der Waals surface area (Å²) in [5, 5.41) is 3.73. The molecule has 0 aliphatic carbocycles. The minimum Gasteiger partial charge on any atom is -0.361 e. The first-order valence-corrected chi connectivity index (χ1v) is 8.32. The molecule has 5 nitrogen and oxygen atoms in total. The van der Waals surface area contributed by atoms with Crippen molar-refractivity contribution in [1.29, 1.82) is 0 Å². The van der Waals surface area contributed by atoms with Crippen molar-refractivity contribution in [2.24, 2.45) is 0 Å². The van der Waals surface area contributed by atoms with Gasteiger partial charge in [0.15, 0.2) is 0 Å². The van der Waals surface area contributed by atoms with Gasteiger partial charge in [-0.15, -0.1) is 0 Å². The van der Waals surface area contributed by atoms with Crippen molar-refractivity contribution in [3.05, 3.63) is 44.7 Å². The summed E-state index contributed by atoms with van der Waals surface area (Å²) in [6.45, 7) is 1.83. The molecule has 0 unspecified atom stereocenters. The molecule has 2 rings (SSSR count). The van der Waals surface area contributed by atoms with Crippen molar-refractivity contribution in [3.8, 4) is 0 Å². The van der Waals surface area contributed by atoms with Crippen LogP contribution in [0.2, 0.25) is 0 Å². The summed E-state index contributed by atoms with van der Waals surface area (Å²) in [6, 6.07) is 6.54. The van der Waals surface area contributed by atoms with Crippen LogP contribution in [0.5, 0.6) is 0 Å². The van der Waals surface area contributed by atoms with Gasteiger partial charge >= 0.3 is 0 Å². The first-order chi connectivity index (χ1) is 8.88. The number of sulfonamides is 1. The second-order valence-corrected chi connectivity index (χ2v) is 7.33. The SMILES string of the molecule is Cc1cc(CNS(=O)(=O)c2ccc(Br)cc2Br)no1. The van der Waals surface area contributed by atoms with Crippen molar-refractivity contribution >= 4 is 41.9 Å². The molecule has 0 radical (unpaired) electrons. The summed E-state index contributed by atoms with van der Waals surface area (Å²) in [4.78, 5) is 0.177. The first kappa shape index (κ1) is 14.7. The third-order valence-corrected chi connectivity index (χ3v) is 5.17. The summed E-state index contributed by atoms with van der Waals surface area (Å²) in [7, 11) is -3.60. The highest BCUT2D eigenvalue weighted by molar-refractivity contribution is 9.11. The van der Waals surface area contributed by atoms with Gasteiger partial charge in [-0.05, 0) is 41.1 Å². The highest BCUT2D eigenvalue weighted by Gasteiger charge is 2.18. The largest absolute Gasteiger partial charge is 0.361 e. The normalized spacial score (nSPS) is 11.7. The van der Waals surface area contributed by atoms with E-state index in [0.29, 0.717) is 15.9 Å². The number of halogens is 2. The Balaban J connectivity index is 2.18. The molecule has 1 N–H and O–H groups in total. The molecule has 0 aliphatic heterocycles. The highest BCUT2D eigenvalue weighted by atomic mass is 79.9. The van der Waals surface area contributed by atoms with Crippen LogP contribution in [0, 0.1) is 6.92 Å². The third-order valence-electron chi connectivity index (χ3n) is 2.30. The van der Waals surface area contributed by atoms with E-state index >= 15 is 0 Å². The number of nitrogens with one attached hydrogen (secondary N) is 1. The number of rotatable bonds is 4. The predicted octanol–water partition coefficient (Wildman–Crippen LogP) is 2.99. The van der Waals surface area contributed by atoms with Crippen LogP contribution in [-0.4, -0.2) is 13.6 Å². The maximum absolute atomic E-state index is 12.1. The maximum atomic E-state index is 12.1. The van der Waals surface area contributed by atoms with Crippen molar-refractivity contribution in [3.63, 3.8) is 0 Å². The lowest BCUT2D eigenvalue weighted by molar-refractivity contribution is 0.390. The quantitative estimate of drug-likeness (QED) is 0.842. The zero-order chi connectivity index (χ0) is 14.0. The van der Waals surface area contributed by atoms with E-state index in [1.807, 2.05) is 0 Å². The molecule has 19 heavy (non-hydrogen) atoms. The van der Waals surface area contributed by atoms with Gasteiger partial charge in [-0.1, -0.05) is 21.1 Å². The van der Waals surface area contributed by atoms with Gasteiger partial charge in [-0.3, -0.25) is 0 Å². The molecule has 1 heterocycles. The topological polar surface area (TPSA) is 72.2 Å². The molecular weight excluding hydrogens is 400 g/mol. The van der Waals surface area contributed by atoms with Crippen LogP contribution in [0.4, 0.5) is 0 Å². The molecule has 0 aliphatic rings. The second kappa shape index (κ2) is 5.74. The summed E-state index contributed by atoms with van der Waals surface area (Å²) in [5.74, 6) is 0.638. The average Bonchev–Trinajstić information content (AvgIpc) is 2.72. The lowest BCUT2D eigenvalue weighted by Crippen LogP contribution is -2.23. The van der Waals surface area contributed by atoms with E-state index in [0.717, 1.165) is 4.47 Å². The maximum Gasteiger partial charge on any atom is 0.242 e. The summed E-state index contributed by atoms with van der Waals surface area (Å²) >= 11 is 6.50. The monoisotopic (exact) mass is 408 g/mol. The Bertz CT molecular complexity index is 698. The van der Waals surface area contributed by atoms with Gasteiger partial charge in [0.1, 0.15) is 5.76 Å². The van der Waals surface area contributed by atoms with Crippen molar-refractivity contribution in [2.45, 2.75) is 18.4 Å². The number of aromatic nitrogens is 1. The van der Waals surface area contributed by atoms with E-state index in [1.165, 1.54) is 6.07 Å². The van der Waals surface area contributed by atoms with Crippen molar-refractivity contribution < 1.29 is 12.9 Å². The van der Waals surface area contributed by atoms with Crippen LogP contribution >= 0.6 is 31.9 Å². The molecule has 0 amide bonds. The van der Waals surface area contributed by atoms with E-state index in [-0.39, 0.29) is 11.4 Å². The van der Waals surface area contributed by atoms with Crippen LogP contribution in [-0.2, 0) is 16.6 Å². The molecule has 8 heteroatoms. The van der Waals surface area contributed by atoms with E-state index in [4.69, 9.17) is 4.52 Å². The molecule has 1 aromatic carbocycles. The molecule has 0 atom stereocenters. The smallest absolute Gasteiger partial charge is 0.242 e. The fraction of sp³-hybridized carbons (Fsp3) is 0.182. The Kier molecular flexibility index (Phi) is 4.44. The van der Waals surface area contributed by atoms with Gasteiger partial charge in [0.25, 0.3) is 0 Å². The Labute approximate surface area is 127 Å². The summed E-state index contributed by atoms with van der Waals surface area (Å²) in [5.41, 5.74) is 0.536. The third kappa shape index (κ3) is 3.65. The molecule has 0 saturated carbocycles. The minimum absolute atomic E-state index is 0.0855. The Morgan fingerprint density at radius 3 is 2.63 bits per heavy atom. The molecular formula is C11H10Br2N2O3S. The van der Waals surface area contributed by atoms with E-state index in [2.05, 4.69) is 41.7 Å². The zero-order valence-electron chi connectivity index (χ0n) is 9.85. The van der Waals surface area contributed by atoms with Crippen LogP contribution in [0.3, 0.4) is 0 Å². The van der Waals surface area contributed by atoms with Gasteiger partial charge in [0.2, 0.25) is 10.0 Å². The van der Waals surface area contributed by atoms with Gasteiger partial charge in [-0.2, -0.15) is 0 Å². The van der Waals surface area contributed by atoms with Crippen LogP contribution in [0.1, 0.15) is 11.5 Å². The van der Waals surface area contributed by atoms with E-state index in [9.17, 15) is 8.42 Å². The van der Waals surface area contributed by atoms with E-state index < -0.39 is 10.0 Å². The fourth-order valence-corrected chi connectivity index (χ4v) is 4.18. The molecule has 0 bridgehead atoms. The average molecular weight is 410 g/mol. The lowest BCUT2D eigenvalue weighted by Gasteiger charge is -2.07. The Hall–Kier alpha value is -0.700. The second-order valence-electron chi connectivity index (χ2n) is 3.83. The van der Waals surface area contributed by atoms with Gasteiger partial charge in [-0.25, -0.2) is 13.1 Å². The van der Waals surface area contributed by atoms with Crippen molar-refractivity contribution in [2.75, 3.05) is 0 Å². The number of nitrogens with zero attached hydrogens (tertiary/aromatic N) is 1. The molecule has 1 aromatic heterocycles. The predicted molar refractivity (Wildman–Crippen MR) is 77.1 cm³/mol. The zero-order valence-corrected chi connectivity index (χ0v) is 13.8. The summed E-state index contributed by atoms with van der Waals surface area (Å²) in [6.07, 6.45) is 0. The lowest BCUT2D eigenvalue weighted by atomic mass is 10.4. The molecule has 102 valence electrons. The van der Waals surface area contributed by atoms with E-state index in [1.54, 1.807) is 25.1 Å². The number of hydrogen-bond donors (Lipinski definition) is 1. The van der Waals surface area contributed by atoms with Crippen LogP contribution in [0.25, 0.3) is 0 Å². The minimum atomic E-state index is -3.60. The number of hydrogen-bond acceptors (Lipinski definition) is 4.